The molecule has 0 radical (unpaired) electrons. The molecule has 0 amide bonds. The highest BCUT2D eigenvalue weighted by Gasteiger charge is 2.14. The number of aromatic nitrogens is 1. The molecular formula is C17H21BrN2. The summed E-state index contributed by atoms with van der Waals surface area (Å²) in [5.74, 6) is 0. The van der Waals surface area contributed by atoms with Crippen LogP contribution >= 0.6 is 15.9 Å². The van der Waals surface area contributed by atoms with Gasteiger partial charge in [0.2, 0.25) is 0 Å². The number of hydrogen-bond donors (Lipinski definition) is 1. The largest absolute Gasteiger partial charge is 0.309 e. The topological polar surface area (TPSA) is 24.9 Å². The van der Waals surface area contributed by atoms with Crippen molar-refractivity contribution in [1.82, 2.24) is 10.3 Å². The van der Waals surface area contributed by atoms with Crippen molar-refractivity contribution >= 4 is 15.9 Å². The van der Waals surface area contributed by atoms with E-state index in [4.69, 9.17) is 0 Å². The van der Waals surface area contributed by atoms with Crippen molar-refractivity contribution in [3.63, 3.8) is 0 Å². The maximum absolute atomic E-state index is 4.51. The summed E-state index contributed by atoms with van der Waals surface area (Å²) in [6.07, 6.45) is 5.23. The molecule has 1 heterocycles. The number of nitrogens with one attached hydrogen (secondary N) is 1. The van der Waals surface area contributed by atoms with Crippen molar-refractivity contribution in [1.29, 1.82) is 0 Å². The number of hydrogen-bond acceptors (Lipinski definition) is 2. The Morgan fingerprint density at radius 3 is 2.65 bits per heavy atom. The van der Waals surface area contributed by atoms with Crippen LogP contribution in [-0.2, 0) is 6.42 Å². The van der Waals surface area contributed by atoms with Crippen LogP contribution in [0.4, 0.5) is 0 Å². The van der Waals surface area contributed by atoms with Gasteiger partial charge in [-0.3, -0.25) is 4.98 Å². The standard InChI is InChI=1S/C17H21BrN2/c1-2-19-16(17-15(18)11-7-13-20-17)12-6-10-14-8-4-3-5-9-14/h3-5,7-9,11,13,16,19H,2,6,10,12H2,1H3. The second-order valence-electron chi connectivity index (χ2n) is 4.86. The zero-order valence-electron chi connectivity index (χ0n) is 11.8. The van der Waals surface area contributed by atoms with Gasteiger partial charge in [-0.15, -0.1) is 0 Å². The third-order valence-electron chi connectivity index (χ3n) is 3.37. The molecule has 2 aromatic rings. The summed E-state index contributed by atoms with van der Waals surface area (Å²) in [6, 6.07) is 15.0. The molecular weight excluding hydrogens is 312 g/mol. The van der Waals surface area contributed by atoms with Crippen LogP contribution in [0.25, 0.3) is 0 Å². The van der Waals surface area contributed by atoms with Crippen LogP contribution in [-0.4, -0.2) is 11.5 Å². The molecule has 0 fully saturated rings. The van der Waals surface area contributed by atoms with Gasteiger partial charge in [-0.05, 0) is 59.4 Å². The van der Waals surface area contributed by atoms with Crippen molar-refractivity contribution in [3.8, 4) is 0 Å². The van der Waals surface area contributed by atoms with E-state index in [0.29, 0.717) is 6.04 Å². The minimum atomic E-state index is 0.319. The summed E-state index contributed by atoms with van der Waals surface area (Å²) >= 11 is 3.60. The molecule has 20 heavy (non-hydrogen) atoms. The molecule has 1 aromatic heterocycles. The van der Waals surface area contributed by atoms with E-state index in [0.717, 1.165) is 36.0 Å². The van der Waals surface area contributed by atoms with E-state index in [1.54, 1.807) is 0 Å². The van der Waals surface area contributed by atoms with Gasteiger partial charge in [0.15, 0.2) is 0 Å². The van der Waals surface area contributed by atoms with E-state index in [2.05, 4.69) is 69.6 Å². The summed E-state index contributed by atoms with van der Waals surface area (Å²) in [4.78, 5) is 4.51. The first-order chi connectivity index (χ1) is 9.81. The number of pyridine rings is 1. The lowest BCUT2D eigenvalue weighted by atomic mass is 10.0. The van der Waals surface area contributed by atoms with Gasteiger partial charge in [0.05, 0.1) is 11.7 Å². The fourth-order valence-corrected chi connectivity index (χ4v) is 2.92. The van der Waals surface area contributed by atoms with Crippen LogP contribution in [0.3, 0.4) is 0 Å². The van der Waals surface area contributed by atoms with E-state index in [1.165, 1.54) is 5.56 Å². The molecule has 0 saturated heterocycles. The molecule has 0 aliphatic carbocycles. The first-order valence-corrected chi connectivity index (χ1v) is 7.98. The first-order valence-electron chi connectivity index (χ1n) is 7.19. The molecule has 0 bridgehead atoms. The lowest BCUT2D eigenvalue weighted by Crippen LogP contribution is -2.22. The number of rotatable bonds is 7. The van der Waals surface area contributed by atoms with Crippen LogP contribution < -0.4 is 5.32 Å². The second kappa shape index (κ2) is 8.18. The van der Waals surface area contributed by atoms with Gasteiger partial charge < -0.3 is 5.32 Å². The summed E-state index contributed by atoms with van der Waals surface area (Å²) < 4.78 is 1.09. The lowest BCUT2D eigenvalue weighted by molar-refractivity contribution is 0.486. The third kappa shape index (κ3) is 4.43. The third-order valence-corrected chi connectivity index (χ3v) is 4.04. The summed E-state index contributed by atoms with van der Waals surface area (Å²) in [5.41, 5.74) is 2.52. The van der Waals surface area contributed by atoms with Gasteiger partial charge in [-0.25, -0.2) is 0 Å². The van der Waals surface area contributed by atoms with Gasteiger partial charge >= 0.3 is 0 Å². The molecule has 1 aromatic carbocycles. The Labute approximate surface area is 129 Å². The Hall–Kier alpha value is -1.19. The van der Waals surface area contributed by atoms with Crippen LogP contribution in [0.15, 0.2) is 53.1 Å². The average molecular weight is 333 g/mol. The summed E-state index contributed by atoms with van der Waals surface area (Å²) in [6.45, 7) is 3.10. The number of halogens is 1. The fourth-order valence-electron chi connectivity index (χ4n) is 2.39. The molecule has 2 nitrogen and oxygen atoms in total. The monoisotopic (exact) mass is 332 g/mol. The Balaban J connectivity index is 1.95. The zero-order chi connectivity index (χ0) is 14.2. The Kier molecular flexibility index (Phi) is 6.22. The molecule has 1 atom stereocenters. The molecule has 1 unspecified atom stereocenters. The highest BCUT2D eigenvalue weighted by molar-refractivity contribution is 9.10. The zero-order valence-corrected chi connectivity index (χ0v) is 13.4. The van der Waals surface area contributed by atoms with Crippen LogP contribution in [0.5, 0.6) is 0 Å². The molecule has 0 aliphatic rings. The van der Waals surface area contributed by atoms with Crippen molar-refractivity contribution in [2.24, 2.45) is 0 Å². The van der Waals surface area contributed by atoms with E-state index in [-0.39, 0.29) is 0 Å². The minimum Gasteiger partial charge on any atom is -0.309 e. The first kappa shape index (κ1) is 15.2. The second-order valence-corrected chi connectivity index (χ2v) is 5.71. The Morgan fingerprint density at radius 2 is 1.95 bits per heavy atom. The molecule has 0 saturated carbocycles. The van der Waals surface area contributed by atoms with Gasteiger partial charge in [0.25, 0.3) is 0 Å². The molecule has 0 aliphatic heterocycles. The summed E-state index contributed by atoms with van der Waals surface area (Å²) in [7, 11) is 0. The Morgan fingerprint density at radius 1 is 1.15 bits per heavy atom. The van der Waals surface area contributed by atoms with E-state index in [9.17, 15) is 0 Å². The predicted molar refractivity (Wildman–Crippen MR) is 87.7 cm³/mol. The predicted octanol–water partition coefficient (Wildman–Crippen LogP) is 4.52. The molecule has 106 valence electrons. The van der Waals surface area contributed by atoms with Crippen molar-refractivity contribution < 1.29 is 0 Å². The van der Waals surface area contributed by atoms with Crippen LogP contribution in [0.1, 0.15) is 37.1 Å². The highest BCUT2D eigenvalue weighted by atomic mass is 79.9. The van der Waals surface area contributed by atoms with E-state index < -0.39 is 0 Å². The quantitative estimate of drug-likeness (QED) is 0.806. The van der Waals surface area contributed by atoms with Gasteiger partial charge in [0.1, 0.15) is 0 Å². The van der Waals surface area contributed by atoms with Crippen molar-refractivity contribution in [2.45, 2.75) is 32.2 Å². The molecule has 3 heteroatoms. The summed E-state index contributed by atoms with van der Waals surface area (Å²) in [5, 5.41) is 3.53. The van der Waals surface area contributed by atoms with Gasteiger partial charge in [-0.2, -0.15) is 0 Å². The minimum absolute atomic E-state index is 0.319. The van der Waals surface area contributed by atoms with E-state index >= 15 is 0 Å². The lowest BCUT2D eigenvalue weighted by Gasteiger charge is -2.18. The smallest absolute Gasteiger partial charge is 0.0714 e. The maximum Gasteiger partial charge on any atom is 0.0714 e. The molecule has 2 rings (SSSR count). The van der Waals surface area contributed by atoms with Crippen LogP contribution in [0, 0.1) is 0 Å². The van der Waals surface area contributed by atoms with Gasteiger partial charge in [0, 0.05) is 10.7 Å². The SMILES string of the molecule is CCNC(CCCc1ccccc1)c1ncccc1Br. The van der Waals surface area contributed by atoms with Crippen LogP contribution in [0.2, 0.25) is 0 Å². The normalized spacial score (nSPS) is 12.3. The molecule has 0 spiro atoms. The van der Waals surface area contributed by atoms with Crippen molar-refractivity contribution in [2.75, 3.05) is 6.54 Å². The van der Waals surface area contributed by atoms with Gasteiger partial charge in [-0.1, -0.05) is 37.3 Å². The number of nitrogens with zero attached hydrogens (tertiary/aromatic N) is 1. The number of aryl methyl sites for hydroxylation is 1. The highest BCUT2D eigenvalue weighted by Crippen LogP contribution is 2.24. The maximum atomic E-state index is 4.51. The fraction of sp³-hybridized carbons (Fsp3) is 0.353. The van der Waals surface area contributed by atoms with Crippen molar-refractivity contribution in [3.05, 3.63) is 64.4 Å². The van der Waals surface area contributed by atoms with E-state index in [1.807, 2.05) is 12.3 Å². The Bertz CT molecular complexity index is 513. The number of benzene rings is 1. The molecule has 1 N–H and O–H groups in total. The average Bonchev–Trinajstić information content (AvgIpc) is 2.48.